The fourth-order valence-electron chi connectivity index (χ4n) is 3.27. The van der Waals surface area contributed by atoms with Crippen LogP contribution in [0.15, 0.2) is 28.7 Å². The predicted octanol–water partition coefficient (Wildman–Crippen LogP) is 1.77. The highest BCUT2D eigenvalue weighted by Crippen LogP contribution is 2.22. The van der Waals surface area contributed by atoms with Crippen LogP contribution in [0.5, 0.6) is 0 Å². The molecule has 2 unspecified atom stereocenters. The van der Waals surface area contributed by atoms with Gasteiger partial charge in [0, 0.05) is 35.7 Å². The largest absolute Gasteiger partial charge is 0.392 e. The topological polar surface area (TPSA) is 81.7 Å². The van der Waals surface area contributed by atoms with Gasteiger partial charge in [-0.25, -0.2) is 0 Å². The van der Waals surface area contributed by atoms with Crippen LogP contribution in [0.3, 0.4) is 0 Å². The number of β-amino-alcohol motifs (C(OH)–C–C–N with tert-alkyl or cyclic N) is 1. The standard InChI is InChI=1S/C17H22BrN3O3.ClH/c18-12-1-3-13(4-2-12)20-16(23)11-5-7-21(8-6-11)17(24)15-9-14(22)10-19-15;/h1-4,11,14-15,19,22H,5-10H2,(H,20,23);1H. The minimum atomic E-state index is -0.437. The third-order valence-electron chi connectivity index (χ3n) is 4.69. The van der Waals surface area contributed by atoms with Crippen LogP contribution in [0.4, 0.5) is 5.69 Å². The number of aliphatic hydroxyl groups excluding tert-OH is 1. The summed E-state index contributed by atoms with van der Waals surface area (Å²) in [4.78, 5) is 26.6. The van der Waals surface area contributed by atoms with Gasteiger partial charge in [-0.3, -0.25) is 9.59 Å². The molecule has 0 bridgehead atoms. The summed E-state index contributed by atoms with van der Waals surface area (Å²) in [6, 6.07) is 7.21. The van der Waals surface area contributed by atoms with Crippen LogP contribution in [0.2, 0.25) is 0 Å². The zero-order chi connectivity index (χ0) is 17.1. The van der Waals surface area contributed by atoms with Gasteiger partial charge < -0.3 is 20.6 Å². The SMILES string of the molecule is Cl.O=C(Nc1ccc(Br)cc1)C1CCN(C(=O)C2CC(O)CN2)CC1. The fraction of sp³-hybridized carbons (Fsp3) is 0.529. The second kappa shape index (κ2) is 8.98. The summed E-state index contributed by atoms with van der Waals surface area (Å²) < 4.78 is 0.970. The fourth-order valence-corrected chi connectivity index (χ4v) is 3.53. The molecule has 2 aliphatic heterocycles. The summed E-state index contributed by atoms with van der Waals surface area (Å²) in [5, 5.41) is 15.5. The lowest BCUT2D eigenvalue weighted by Crippen LogP contribution is -2.48. The van der Waals surface area contributed by atoms with Gasteiger partial charge >= 0.3 is 0 Å². The molecule has 0 aromatic heterocycles. The summed E-state index contributed by atoms with van der Waals surface area (Å²) >= 11 is 3.37. The molecule has 0 aliphatic carbocycles. The van der Waals surface area contributed by atoms with Crippen molar-refractivity contribution in [3.63, 3.8) is 0 Å². The molecule has 6 nitrogen and oxygen atoms in total. The molecule has 2 fully saturated rings. The molecule has 25 heavy (non-hydrogen) atoms. The molecule has 2 amide bonds. The van der Waals surface area contributed by atoms with E-state index in [9.17, 15) is 14.7 Å². The number of likely N-dealkylation sites (tertiary alicyclic amines) is 1. The average Bonchev–Trinajstić information content (AvgIpc) is 3.03. The average molecular weight is 433 g/mol. The Morgan fingerprint density at radius 2 is 1.84 bits per heavy atom. The van der Waals surface area contributed by atoms with Gasteiger partial charge in [-0.1, -0.05) is 15.9 Å². The van der Waals surface area contributed by atoms with E-state index in [1.807, 2.05) is 24.3 Å². The van der Waals surface area contributed by atoms with Crippen LogP contribution in [0.25, 0.3) is 0 Å². The number of amides is 2. The summed E-state index contributed by atoms with van der Waals surface area (Å²) in [6.07, 6.45) is 1.38. The molecule has 138 valence electrons. The van der Waals surface area contributed by atoms with Crippen molar-refractivity contribution < 1.29 is 14.7 Å². The van der Waals surface area contributed by atoms with Crippen LogP contribution in [-0.2, 0) is 9.59 Å². The number of halogens is 2. The highest BCUT2D eigenvalue weighted by Gasteiger charge is 2.34. The second-order valence-electron chi connectivity index (χ2n) is 6.45. The number of piperidine rings is 1. The van der Waals surface area contributed by atoms with Crippen molar-refractivity contribution in [1.29, 1.82) is 0 Å². The summed E-state index contributed by atoms with van der Waals surface area (Å²) in [6.45, 7) is 1.65. The monoisotopic (exact) mass is 431 g/mol. The highest BCUT2D eigenvalue weighted by molar-refractivity contribution is 9.10. The zero-order valence-electron chi connectivity index (χ0n) is 13.8. The first-order valence-corrected chi connectivity index (χ1v) is 9.09. The molecule has 3 rings (SSSR count). The van der Waals surface area contributed by atoms with Crippen LogP contribution in [0.1, 0.15) is 19.3 Å². The molecule has 2 saturated heterocycles. The van der Waals surface area contributed by atoms with Gasteiger partial charge in [0.15, 0.2) is 0 Å². The Bertz CT molecular complexity index is 606. The Balaban J connectivity index is 0.00000225. The highest BCUT2D eigenvalue weighted by atomic mass is 79.9. The number of rotatable bonds is 3. The number of aliphatic hydroxyl groups is 1. The van der Waals surface area contributed by atoms with Gasteiger partial charge in [-0.2, -0.15) is 0 Å². The van der Waals surface area contributed by atoms with E-state index < -0.39 is 6.10 Å². The van der Waals surface area contributed by atoms with Crippen molar-refractivity contribution in [3.8, 4) is 0 Å². The Hall–Kier alpha value is -1.15. The number of carbonyl (C=O) groups excluding carboxylic acids is 2. The number of anilines is 1. The van der Waals surface area contributed by atoms with Crippen LogP contribution in [-0.4, -0.2) is 53.6 Å². The van der Waals surface area contributed by atoms with E-state index in [-0.39, 0.29) is 36.2 Å². The maximum Gasteiger partial charge on any atom is 0.239 e. The van der Waals surface area contributed by atoms with Crippen molar-refractivity contribution >= 4 is 45.8 Å². The minimum absolute atomic E-state index is 0. The zero-order valence-corrected chi connectivity index (χ0v) is 16.2. The maximum absolute atomic E-state index is 12.4. The summed E-state index contributed by atoms with van der Waals surface area (Å²) in [7, 11) is 0. The normalized spacial score (nSPS) is 23.8. The van der Waals surface area contributed by atoms with E-state index in [2.05, 4.69) is 26.6 Å². The van der Waals surface area contributed by atoms with Crippen LogP contribution in [0, 0.1) is 5.92 Å². The smallest absolute Gasteiger partial charge is 0.239 e. The van der Waals surface area contributed by atoms with E-state index in [0.29, 0.717) is 38.9 Å². The van der Waals surface area contributed by atoms with Gasteiger partial charge in [-0.15, -0.1) is 12.4 Å². The van der Waals surface area contributed by atoms with E-state index in [1.54, 1.807) is 4.90 Å². The van der Waals surface area contributed by atoms with Crippen molar-refractivity contribution in [1.82, 2.24) is 10.2 Å². The number of hydrogen-bond donors (Lipinski definition) is 3. The number of hydrogen-bond acceptors (Lipinski definition) is 4. The maximum atomic E-state index is 12.4. The van der Waals surface area contributed by atoms with Crippen LogP contribution < -0.4 is 10.6 Å². The molecule has 2 atom stereocenters. The molecule has 2 heterocycles. The van der Waals surface area contributed by atoms with Crippen molar-refractivity contribution in [2.45, 2.75) is 31.4 Å². The first-order chi connectivity index (χ1) is 11.5. The van der Waals surface area contributed by atoms with Crippen molar-refractivity contribution in [2.24, 2.45) is 5.92 Å². The quantitative estimate of drug-likeness (QED) is 0.680. The minimum Gasteiger partial charge on any atom is -0.392 e. The Morgan fingerprint density at radius 1 is 1.20 bits per heavy atom. The molecule has 8 heteroatoms. The number of nitrogens with one attached hydrogen (secondary N) is 2. The van der Waals surface area contributed by atoms with Gasteiger partial charge in [0.1, 0.15) is 0 Å². The van der Waals surface area contributed by atoms with Crippen LogP contribution >= 0.6 is 28.3 Å². The lowest BCUT2D eigenvalue weighted by atomic mass is 9.95. The third-order valence-corrected chi connectivity index (χ3v) is 5.22. The lowest BCUT2D eigenvalue weighted by Gasteiger charge is -2.33. The molecular formula is C17H23BrClN3O3. The van der Waals surface area contributed by atoms with Crippen molar-refractivity contribution in [2.75, 3.05) is 25.0 Å². The molecule has 0 saturated carbocycles. The third kappa shape index (κ3) is 5.17. The van der Waals surface area contributed by atoms with Gasteiger partial charge in [0.2, 0.25) is 11.8 Å². The molecule has 0 spiro atoms. The van der Waals surface area contributed by atoms with Gasteiger partial charge in [0.25, 0.3) is 0 Å². The molecule has 0 radical (unpaired) electrons. The van der Waals surface area contributed by atoms with E-state index in [1.165, 1.54) is 0 Å². The summed E-state index contributed by atoms with van der Waals surface area (Å²) in [5.41, 5.74) is 0.783. The van der Waals surface area contributed by atoms with E-state index >= 15 is 0 Å². The number of nitrogens with zero attached hydrogens (tertiary/aromatic N) is 1. The Kier molecular flexibility index (Phi) is 7.25. The van der Waals surface area contributed by atoms with E-state index in [0.717, 1.165) is 10.2 Å². The second-order valence-corrected chi connectivity index (χ2v) is 7.36. The molecular weight excluding hydrogens is 410 g/mol. The lowest BCUT2D eigenvalue weighted by molar-refractivity contribution is -0.136. The molecule has 2 aliphatic rings. The number of benzene rings is 1. The van der Waals surface area contributed by atoms with Crippen molar-refractivity contribution in [3.05, 3.63) is 28.7 Å². The molecule has 1 aromatic carbocycles. The Labute approximate surface area is 161 Å². The van der Waals surface area contributed by atoms with Gasteiger partial charge in [-0.05, 0) is 43.5 Å². The molecule has 3 N–H and O–H groups in total. The first kappa shape index (κ1) is 20.2. The predicted molar refractivity (Wildman–Crippen MR) is 102 cm³/mol. The van der Waals surface area contributed by atoms with Gasteiger partial charge in [0.05, 0.1) is 12.1 Å². The van der Waals surface area contributed by atoms with E-state index in [4.69, 9.17) is 0 Å². The first-order valence-electron chi connectivity index (χ1n) is 8.29. The molecule has 1 aromatic rings. The number of carbonyl (C=O) groups is 2. The Morgan fingerprint density at radius 3 is 2.40 bits per heavy atom. The summed E-state index contributed by atoms with van der Waals surface area (Å²) in [5.74, 6) is -0.0167.